The SMILES string of the molecule is C[C@@H]1CCc2c(sc3ncnc(SCCC(N)=O)c23)C1. The second-order valence-corrected chi connectivity index (χ2v) is 7.44. The van der Waals surface area contributed by atoms with E-state index in [0.29, 0.717) is 12.2 Å². The molecule has 0 aliphatic heterocycles. The van der Waals surface area contributed by atoms with Gasteiger partial charge in [-0.2, -0.15) is 0 Å². The summed E-state index contributed by atoms with van der Waals surface area (Å²) >= 11 is 3.41. The van der Waals surface area contributed by atoms with E-state index >= 15 is 0 Å². The van der Waals surface area contributed by atoms with Gasteiger partial charge in [0.05, 0.1) is 0 Å². The zero-order valence-corrected chi connectivity index (χ0v) is 13.0. The minimum Gasteiger partial charge on any atom is -0.370 e. The van der Waals surface area contributed by atoms with Crippen molar-refractivity contribution in [2.75, 3.05) is 5.75 Å². The Labute approximate surface area is 126 Å². The van der Waals surface area contributed by atoms with Crippen LogP contribution in [-0.4, -0.2) is 21.6 Å². The third-order valence-corrected chi connectivity index (χ3v) is 5.80. The third kappa shape index (κ3) is 2.67. The van der Waals surface area contributed by atoms with Gasteiger partial charge in [-0.05, 0) is 30.7 Å². The lowest BCUT2D eigenvalue weighted by molar-refractivity contribution is -0.117. The van der Waals surface area contributed by atoms with Crippen molar-refractivity contribution >= 4 is 39.2 Å². The van der Waals surface area contributed by atoms with Crippen LogP contribution in [0.5, 0.6) is 0 Å². The molecule has 20 heavy (non-hydrogen) atoms. The lowest BCUT2D eigenvalue weighted by Crippen LogP contribution is -2.11. The Morgan fingerprint density at radius 3 is 3.20 bits per heavy atom. The fourth-order valence-electron chi connectivity index (χ4n) is 2.60. The van der Waals surface area contributed by atoms with Crippen molar-refractivity contribution in [3.63, 3.8) is 0 Å². The van der Waals surface area contributed by atoms with E-state index in [1.165, 1.54) is 22.2 Å². The van der Waals surface area contributed by atoms with Crippen LogP contribution in [0.4, 0.5) is 0 Å². The molecule has 1 aliphatic rings. The molecule has 2 aromatic heterocycles. The number of rotatable bonds is 4. The molecule has 0 radical (unpaired) electrons. The number of aromatic nitrogens is 2. The smallest absolute Gasteiger partial charge is 0.218 e. The van der Waals surface area contributed by atoms with E-state index < -0.39 is 0 Å². The number of hydrogen-bond donors (Lipinski definition) is 1. The summed E-state index contributed by atoms with van der Waals surface area (Å²) in [5.41, 5.74) is 6.63. The van der Waals surface area contributed by atoms with Crippen LogP contribution in [0.2, 0.25) is 0 Å². The van der Waals surface area contributed by atoms with Crippen molar-refractivity contribution in [3.05, 3.63) is 16.8 Å². The number of thioether (sulfide) groups is 1. The van der Waals surface area contributed by atoms with Crippen molar-refractivity contribution in [2.24, 2.45) is 11.7 Å². The van der Waals surface area contributed by atoms with Gasteiger partial charge in [0.15, 0.2) is 0 Å². The molecule has 0 saturated carbocycles. The first-order chi connectivity index (χ1) is 9.65. The van der Waals surface area contributed by atoms with Crippen molar-refractivity contribution in [1.29, 1.82) is 0 Å². The lowest BCUT2D eigenvalue weighted by Gasteiger charge is -2.18. The Kier molecular flexibility index (Phi) is 3.94. The van der Waals surface area contributed by atoms with Gasteiger partial charge in [-0.1, -0.05) is 6.92 Å². The first-order valence-electron chi connectivity index (χ1n) is 6.81. The number of nitrogens with zero attached hydrogens (tertiary/aromatic N) is 2. The number of primary amides is 1. The third-order valence-electron chi connectivity index (χ3n) is 3.64. The average Bonchev–Trinajstić information content (AvgIpc) is 2.76. The second kappa shape index (κ2) is 5.69. The van der Waals surface area contributed by atoms with Crippen molar-refractivity contribution in [3.8, 4) is 0 Å². The number of hydrogen-bond acceptors (Lipinski definition) is 5. The highest BCUT2D eigenvalue weighted by Crippen LogP contribution is 2.40. The molecule has 0 fully saturated rings. The van der Waals surface area contributed by atoms with E-state index in [0.717, 1.165) is 28.6 Å². The molecule has 2 aromatic rings. The van der Waals surface area contributed by atoms with Crippen LogP contribution in [0.25, 0.3) is 10.2 Å². The summed E-state index contributed by atoms with van der Waals surface area (Å²) in [4.78, 5) is 22.2. The molecule has 1 aliphatic carbocycles. The Morgan fingerprint density at radius 2 is 2.40 bits per heavy atom. The molecule has 0 saturated heterocycles. The normalized spacial score (nSPS) is 18.1. The number of carbonyl (C=O) groups is 1. The highest BCUT2D eigenvalue weighted by molar-refractivity contribution is 7.99. The summed E-state index contributed by atoms with van der Waals surface area (Å²) in [7, 11) is 0. The molecule has 0 bridgehead atoms. The van der Waals surface area contributed by atoms with Gasteiger partial charge in [0.1, 0.15) is 16.2 Å². The maximum atomic E-state index is 10.9. The summed E-state index contributed by atoms with van der Waals surface area (Å²) in [6, 6.07) is 0. The maximum absolute atomic E-state index is 10.9. The zero-order valence-electron chi connectivity index (χ0n) is 11.4. The van der Waals surface area contributed by atoms with E-state index in [1.54, 1.807) is 29.4 Å². The molecular formula is C14H17N3OS2. The van der Waals surface area contributed by atoms with Gasteiger partial charge < -0.3 is 5.73 Å². The number of amides is 1. The maximum Gasteiger partial charge on any atom is 0.218 e. The summed E-state index contributed by atoms with van der Waals surface area (Å²) in [5.74, 6) is 1.18. The van der Waals surface area contributed by atoms with Gasteiger partial charge in [0.25, 0.3) is 0 Å². The van der Waals surface area contributed by atoms with E-state index in [4.69, 9.17) is 5.73 Å². The Morgan fingerprint density at radius 1 is 1.55 bits per heavy atom. The molecule has 0 aromatic carbocycles. The summed E-state index contributed by atoms with van der Waals surface area (Å²) in [6.45, 7) is 2.31. The highest BCUT2D eigenvalue weighted by atomic mass is 32.2. The molecule has 4 nitrogen and oxygen atoms in total. The Bertz CT molecular complexity index is 653. The van der Waals surface area contributed by atoms with Crippen molar-refractivity contribution < 1.29 is 4.79 Å². The van der Waals surface area contributed by atoms with Crippen LogP contribution in [0.1, 0.15) is 30.2 Å². The van der Waals surface area contributed by atoms with Crippen LogP contribution >= 0.6 is 23.1 Å². The van der Waals surface area contributed by atoms with Crippen LogP contribution in [0, 0.1) is 5.92 Å². The zero-order chi connectivity index (χ0) is 14.1. The van der Waals surface area contributed by atoms with Gasteiger partial charge in [-0.3, -0.25) is 4.79 Å². The molecule has 3 rings (SSSR count). The first kappa shape index (κ1) is 13.8. The van der Waals surface area contributed by atoms with Crippen LogP contribution in [0.15, 0.2) is 11.4 Å². The lowest BCUT2D eigenvalue weighted by atomic mass is 9.89. The largest absolute Gasteiger partial charge is 0.370 e. The number of aryl methyl sites for hydroxylation is 1. The number of carbonyl (C=O) groups excluding carboxylic acids is 1. The number of nitrogens with two attached hydrogens (primary N) is 1. The number of thiophene rings is 1. The molecule has 0 spiro atoms. The van der Waals surface area contributed by atoms with Gasteiger partial charge in [0.2, 0.25) is 5.91 Å². The minimum atomic E-state index is -0.260. The van der Waals surface area contributed by atoms with Crippen LogP contribution in [-0.2, 0) is 17.6 Å². The fourth-order valence-corrected chi connectivity index (χ4v) is 5.00. The number of fused-ring (bicyclic) bond motifs is 3. The van der Waals surface area contributed by atoms with Gasteiger partial charge in [-0.25, -0.2) is 9.97 Å². The molecule has 6 heteroatoms. The summed E-state index contributed by atoms with van der Waals surface area (Å²) in [5, 5.41) is 2.22. The predicted octanol–water partition coefficient (Wildman–Crippen LogP) is 2.78. The Balaban J connectivity index is 1.94. The quantitative estimate of drug-likeness (QED) is 0.696. The highest BCUT2D eigenvalue weighted by Gasteiger charge is 2.23. The van der Waals surface area contributed by atoms with Gasteiger partial charge in [0, 0.05) is 22.4 Å². The predicted molar refractivity (Wildman–Crippen MR) is 83.1 cm³/mol. The van der Waals surface area contributed by atoms with E-state index in [1.807, 2.05) is 0 Å². The van der Waals surface area contributed by atoms with Gasteiger partial charge in [-0.15, -0.1) is 23.1 Å². The summed E-state index contributed by atoms with van der Waals surface area (Å²) < 4.78 is 0. The van der Waals surface area contributed by atoms with E-state index in [2.05, 4.69) is 16.9 Å². The monoisotopic (exact) mass is 307 g/mol. The Hall–Kier alpha value is -1.14. The van der Waals surface area contributed by atoms with E-state index in [9.17, 15) is 4.79 Å². The molecule has 0 unspecified atom stereocenters. The average molecular weight is 307 g/mol. The molecule has 1 amide bonds. The molecule has 2 heterocycles. The molecule has 2 N–H and O–H groups in total. The first-order valence-corrected chi connectivity index (χ1v) is 8.61. The second-order valence-electron chi connectivity index (χ2n) is 5.28. The van der Waals surface area contributed by atoms with Crippen molar-refractivity contribution in [1.82, 2.24) is 9.97 Å². The molecular weight excluding hydrogens is 290 g/mol. The van der Waals surface area contributed by atoms with Crippen LogP contribution in [0.3, 0.4) is 0 Å². The fraction of sp³-hybridized carbons (Fsp3) is 0.500. The minimum absolute atomic E-state index is 0.260. The van der Waals surface area contributed by atoms with E-state index in [-0.39, 0.29) is 5.91 Å². The molecule has 106 valence electrons. The molecule has 1 atom stereocenters. The standard InChI is InChI=1S/C14H17N3OS2/c1-8-2-3-9-10(6-8)20-14-12(9)13(16-7-17-14)19-5-4-11(15)18/h7-8H,2-6H2,1H3,(H2,15,18)/t8-/m1/s1. The van der Waals surface area contributed by atoms with Crippen LogP contribution < -0.4 is 5.73 Å². The topological polar surface area (TPSA) is 68.9 Å². The summed E-state index contributed by atoms with van der Waals surface area (Å²) in [6.07, 6.45) is 5.52. The van der Waals surface area contributed by atoms with Crippen molar-refractivity contribution in [2.45, 2.75) is 37.6 Å². The van der Waals surface area contributed by atoms with Gasteiger partial charge >= 0.3 is 0 Å².